The van der Waals surface area contributed by atoms with Crippen molar-refractivity contribution in [2.75, 3.05) is 23.4 Å². The number of ether oxygens (including phenoxy) is 1. The molecule has 0 saturated heterocycles. The van der Waals surface area contributed by atoms with Crippen molar-refractivity contribution >= 4 is 48.9 Å². The van der Waals surface area contributed by atoms with Crippen LogP contribution in [-0.2, 0) is 10.0 Å². The van der Waals surface area contributed by atoms with Gasteiger partial charge in [0.1, 0.15) is 11.1 Å². The minimum Gasteiger partial charge on any atom is -0.496 e. The number of aromatic nitrogens is 1. The molecule has 0 bridgehead atoms. The minimum absolute atomic E-state index is 0.516. The number of fused-ring (bicyclic) bond motifs is 2. The van der Waals surface area contributed by atoms with Crippen LogP contribution in [-0.4, -0.2) is 21.8 Å². The molecule has 3 aromatic carbocycles. The van der Waals surface area contributed by atoms with Crippen LogP contribution in [0.5, 0.6) is 5.75 Å². The maximum atomic E-state index is 11.4. The third kappa shape index (κ3) is 3.57. The Balaban J connectivity index is 1.84. The summed E-state index contributed by atoms with van der Waals surface area (Å²) in [5, 5.41) is 5.45. The predicted octanol–water partition coefficient (Wildman–Crippen LogP) is 3.93. The zero-order valence-electron chi connectivity index (χ0n) is 15.5. The summed E-state index contributed by atoms with van der Waals surface area (Å²) in [5.74, 6) is 0.761. The van der Waals surface area contributed by atoms with E-state index in [9.17, 15) is 8.42 Å². The van der Waals surface area contributed by atoms with E-state index in [2.05, 4.69) is 15.0 Å². The van der Waals surface area contributed by atoms with Crippen molar-refractivity contribution in [3.05, 3.63) is 66.7 Å². The first kappa shape index (κ1) is 18.1. The van der Waals surface area contributed by atoms with Gasteiger partial charge in [0.2, 0.25) is 21.1 Å². The quantitative estimate of drug-likeness (QED) is 0.503. The molecule has 0 fully saturated rings. The highest BCUT2D eigenvalue weighted by atomic mass is 32.2. The Hall–Kier alpha value is -3.32. The number of aromatic amines is 1. The Morgan fingerprint density at radius 2 is 1.54 bits per heavy atom. The first-order valence-electron chi connectivity index (χ1n) is 8.70. The summed E-state index contributed by atoms with van der Waals surface area (Å²) in [6.07, 6.45) is 1.13. The maximum absolute atomic E-state index is 11.4. The van der Waals surface area contributed by atoms with Gasteiger partial charge in [0.15, 0.2) is 0 Å². The van der Waals surface area contributed by atoms with Gasteiger partial charge in [-0.2, -0.15) is 0 Å². The van der Waals surface area contributed by atoms with E-state index in [4.69, 9.17) is 4.74 Å². The van der Waals surface area contributed by atoms with Crippen LogP contribution >= 0.6 is 0 Å². The van der Waals surface area contributed by atoms with E-state index < -0.39 is 10.0 Å². The Morgan fingerprint density at radius 1 is 0.857 bits per heavy atom. The number of pyridine rings is 1. The lowest BCUT2D eigenvalue weighted by molar-refractivity contribution is -0.310. The van der Waals surface area contributed by atoms with E-state index in [1.807, 2.05) is 54.6 Å². The number of rotatable bonds is 5. The van der Waals surface area contributed by atoms with Gasteiger partial charge in [-0.25, -0.2) is 13.4 Å². The summed E-state index contributed by atoms with van der Waals surface area (Å²) < 4.78 is 30.9. The molecule has 0 aliphatic rings. The van der Waals surface area contributed by atoms with E-state index in [0.29, 0.717) is 5.69 Å². The number of nitrogens with one attached hydrogen (secondary N) is 3. The monoisotopic (exact) mass is 394 g/mol. The van der Waals surface area contributed by atoms with Crippen molar-refractivity contribution in [2.45, 2.75) is 0 Å². The molecule has 142 valence electrons. The molecule has 1 heterocycles. The van der Waals surface area contributed by atoms with Crippen LogP contribution in [0.2, 0.25) is 0 Å². The summed E-state index contributed by atoms with van der Waals surface area (Å²) in [4.78, 5) is 3.45. The molecule has 6 nitrogen and oxygen atoms in total. The van der Waals surface area contributed by atoms with Gasteiger partial charge in [0.05, 0.1) is 24.4 Å². The fraction of sp³-hybridized carbons (Fsp3) is 0.0952. The number of H-pyrrole nitrogens is 1. The van der Waals surface area contributed by atoms with E-state index in [0.717, 1.165) is 45.2 Å². The molecule has 1 aromatic heterocycles. The van der Waals surface area contributed by atoms with Crippen LogP contribution < -0.4 is 19.8 Å². The van der Waals surface area contributed by atoms with Gasteiger partial charge >= 0.3 is 0 Å². The SMILES string of the molecule is COc1cccc2[nH+]c3ccccc3c(Nc3ccc(NS(C)(=O)=O)cc3)c12. The molecule has 0 aliphatic heterocycles. The molecule has 4 aromatic rings. The van der Waals surface area contributed by atoms with Gasteiger partial charge in [-0.3, -0.25) is 4.72 Å². The highest BCUT2D eigenvalue weighted by molar-refractivity contribution is 7.92. The Labute approximate surface area is 163 Å². The van der Waals surface area contributed by atoms with Gasteiger partial charge in [-0.15, -0.1) is 0 Å². The molecule has 4 rings (SSSR count). The molecule has 0 aliphatic carbocycles. The fourth-order valence-electron chi connectivity index (χ4n) is 3.26. The Bertz CT molecular complexity index is 1270. The number of methoxy groups -OCH3 is 1. The first-order chi connectivity index (χ1) is 13.4. The van der Waals surface area contributed by atoms with E-state index in [-0.39, 0.29) is 0 Å². The fourth-order valence-corrected chi connectivity index (χ4v) is 3.83. The third-order valence-corrected chi connectivity index (χ3v) is 5.03. The highest BCUT2D eigenvalue weighted by Gasteiger charge is 2.17. The first-order valence-corrected chi connectivity index (χ1v) is 10.6. The van der Waals surface area contributed by atoms with Gasteiger partial charge in [-0.05, 0) is 36.4 Å². The smallest absolute Gasteiger partial charge is 0.229 e. The van der Waals surface area contributed by atoms with Gasteiger partial charge in [0.25, 0.3) is 0 Å². The molecular weight excluding hydrogens is 374 g/mol. The third-order valence-electron chi connectivity index (χ3n) is 4.42. The summed E-state index contributed by atoms with van der Waals surface area (Å²) >= 11 is 0. The summed E-state index contributed by atoms with van der Waals surface area (Å²) in [6.45, 7) is 0. The van der Waals surface area contributed by atoms with E-state index in [1.54, 1.807) is 19.2 Å². The lowest BCUT2D eigenvalue weighted by Gasteiger charge is -2.13. The van der Waals surface area contributed by atoms with Crippen molar-refractivity contribution in [1.82, 2.24) is 0 Å². The van der Waals surface area contributed by atoms with Crippen molar-refractivity contribution in [2.24, 2.45) is 0 Å². The van der Waals surface area contributed by atoms with Crippen molar-refractivity contribution in [3.8, 4) is 5.75 Å². The zero-order chi connectivity index (χ0) is 19.7. The van der Waals surface area contributed by atoms with Crippen molar-refractivity contribution in [3.63, 3.8) is 0 Å². The second-order valence-electron chi connectivity index (χ2n) is 6.50. The summed E-state index contributed by atoms with van der Waals surface area (Å²) in [7, 11) is -1.65. The van der Waals surface area contributed by atoms with Crippen LogP contribution in [0.3, 0.4) is 0 Å². The lowest BCUT2D eigenvalue weighted by atomic mass is 10.1. The molecule has 7 heteroatoms. The van der Waals surface area contributed by atoms with E-state index >= 15 is 0 Å². The number of anilines is 3. The van der Waals surface area contributed by atoms with Gasteiger partial charge in [0, 0.05) is 23.5 Å². The molecule has 0 atom stereocenters. The zero-order valence-corrected chi connectivity index (χ0v) is 16.3. The van der Waals surface area contributed by atoms with Gasteiger partial charge in [-0.1, -0.05) is 18.2 Å². The predicted molar refractivity (Wildman–Crippen MR) is 113 cm³/mol. The van der Waals surface area contributed by atoms with Crippen LogP contribution in [0.25, 0.3) is 21.8 Å². The normalized spacial score (nSPS) is 11.5. The molecule has 0 radical (unpaired) electrons. The second kappa shape index (κ2) is 7.01. The topological polar surface area (TPSA) is 81.6 Å². The summed E-state index contributed by atoms with van der Waals surface area (Å²) in [5.41, 5.74) is 4.23. The molecular formula is C21H20N3O3S+. The largest absolute Gasteiger partial charge is 0.496 e. The van der Waals surface area contributed by atoms with Crippen LogP contribution in [0.15, 0.2) is 66.7 Å². The number of benzene rings is 3. The minimum atomic E-state index is -3.31. The number of sulfonamides is 1. The molecule has 0 spiro atoms. The van der Waals surface area contributed by atoms with Crippen molar-refractivity contribution in [1.29, 1.82) is 0 Å². The summed E-state index contributed by atoms with van der Waals surface area (Å²) in [6, 6.07) is 21.0. The molecule has 0 saturated carbocycles. The molecule has 28 heavy (non-hydrogen) atoms. The van der Waals surface area contributed by atoms with E-state index in [1.165, 1.54) is 0 Å². The average Bonchev–Trinajstić information content (AvgIpc) is 2.67. The van der Waals surface area contributed by atoms with Crippen LogP contribution in [0.1, 0.15) is 0 Å². The average molecular weight is 394 g/mol. The second-order valence-corrected chi connectivity index (χ2v) is 8.25. The standard InChI is InChI=1S/C21H19N3O3S/c1-27-19-9-5-8-18-20(19)21(16-6-3-4-7-17(16)23-18)22-14-10-12-15(13-11-14)24-28(2,25)26/h3-13,24H,1-2H3,(H,22,23)/p+1. The van der Waals surface area contributed by atoms with Crippen LogP contribution in [0.4, 0.5) is 17.1 Å². The molecule has 3 N–H and O–H groups in total. The Kier molecular flexibility index (Phi) is 4.52. The lowest BCUT2D eigenvalue weighted by Crippen LogP contribution is -2.10. The molecule has 0 amide bonds. The Morgan fingerprint density at radius 3 is 2.25 bits per heavy atom. The van der Waals surface area contributed by atoms with Crippen molar-refractivity contribution < 1.29 is 18.1 Å². The number of hydrogen-bond donors (Lipinski definition) is 2. The van der Waals surface area contributed by atoms with Gasteiger partial charge < -0.3 is 10.1 Å². The number of hydrogen-bond acceptors (Lipinski definition) is 4. The molecule has 0 unspecified atom stereocenters. The highest BCUT2D eigenvalue weighted by Crippen LogP contribution is 2.36. The number of para-hydroxylation sites is 1. The maximum Gasteiger partial charge on any atom is 0.229 e. The van der Waals surface area contributed by atoms with Crippen LogP contribution in [0, 0.1) is 0 Å².